The fraction of sp³-hybridized carbons (Fsp3) is 0.316. The summed E-state index contributed by atoms with van der Waals surface area (Å²) in [5.41, 5.74) is 3.39. The maximum absolute atomic E-state index is 12.5. The van der Waals surface area contributed by atoms with Gasteiger partial charge >= 0.3 is 6.61 Å². The summed E-state index contributed by atoms with van der Waals surface area (Å²) >= 11 is 5.28. The van der Waals surface area contributed by atoms with Crippen LogP contribution in [0.1, 0.15) is 37.3 Å². The number of halogens is 2. The molecule has 0 radical (unpaired) electrons. The van der Waals surface area contributed by atoms with Crippen molar-refractivity contribution < 1.29 is 13.5 Å². The van der Waals surface area contributed by atoms with Crippen LogP contribution in [0.15, 0.2) is 42.5 Å². The zero-order chi connectivity index (χ0) is 18.4. The van der Waals surface area contributed by atoms with Crippen molar-refractivity contribution >= 4 is 28.7 Å². The summed E-state index contributed by atoms with van der Waals surface area (Å²) in [6.45, 7) is 3.30. The third kappa shape index (κ3) is 5.67. The Bertz CT molecular complexity index is 720. The zero-order valence-electron chi connectivity index (χ0n) is 14.5. The van der Waals surface area contributed by atoms with E-state index in [1.54, 1.807) is 12.1 Å². The van der Waals surface area contributed by atoms with Gasteiger partial charge in [0.15, 0.2) is 5.11 Å². The molecule has 0 aromatic heterocycles. The first-order valence-electron chi connectivity index (χ1n) is 8.12. The van der Waals surface area contributed by atoms with Gasteiger partial charge in [0, 0.05) is 5.69 Å². The Kier molecular flexibility index (Phi) is 6.70. The minimum absolute atomic E-state index is 0.0527. The van der Waals surface area contributed by atoms with Gasteiger partial charge in [0.2, 0.25) is 0 Å². The molecule has 2 N–H and O–H groups in total. The Morgan fingerprint density at radius 2 is 1.80 bits per heavy atom. The van der Waals surface area contributed by atoms with E-state index in [4.69, 9.17) is 12.2 Å². The molecule has 25 heavy (non-hydrogen) atoms. The van der Waals surface area contributed by atoms with Crippen LogP contribution in [0, 0.1) is 6.92 Å². The second kappa shape index (κ2) is 8.76. The van der Waals surface area contributed by atoms with Gasteiger partial charge in [0.25, 0.3) is 0 Å². The van der Waals surface area contributed by atoms with Crippen LogP contribution in [0.2, 0.25) is 0 Å². The molecule has 0 saturated heterocycles. The number of anilines is 2. The fourth-order valence-corrected chi connectivity index (χ4v) is 2.58. The Morgan fingerprint density at radius 1 is 1.12 bits per heavy atom. The van der Waals surface area contributed by atoms with Crippen molar-refractivity contribution in [3.63, 3.8) is 0 Å². The Hall–Kier alpha value is -2.21. The summed E-state index contributed by atoms with van der Waals surface area (Å²) in [7, 11) is 0. The summed E-state index contributed by atoms with van der Waals surface area (Å²) in [6, 6.07) is 12.9. The first-order chi connectivity index (χ1) is 11.9. The zero-order valence-corrected chi connectivity index (χ0v) is 15.3. The lowest BCUT2D eigenvalue weighted by Crippen LogP contribution is -2.20. The van der Waals surface area contributed by atoms with Crippen molar-refractivity contribution in [3.8, 4) is 5.75 Å². The number of hydrogen-bond donors (Lipinski definition) is 2. The second-order valence-corrected chi connectivity index (χ2v) is 6.30. The quantitative estimate of drug-likeness (QED) is 0.624. The molecule has 0 saturated carbocycles. The maximum atomic E-state index is 12.5. The summed E-state index contributed by atoms with van der Waals surface area (Å²) in [5.74, 6) is 0.553. The highest BCUT2D eigenvalue weighted by atomic mass is 32.1. The molecule has 134 valence electrons. The van der Waals surface area contributed by atoms with Gasteiger partial charge in [-0.15, -0.1) is 0 Å². The molecular weight excluding hydrogens is 342 g/mol. The van der Waals surface area contributed by atoms with Crippen molar-refractivity contribution in [1.82, 2.24) is 0 Å². The molecule has 0 spiro atoms. The first-order valence-corrected chi connectivity index (χ1v) is 8.53. The van der Waals surface area contributed by atoms with E-state index in [1.165, 1.54) is 11.6 Å². The van der Waals surface area contributed by atoms with Crippen molar-refractivity contribution in [3.05, 3.63) is 53.6 Å². The van der Waals surface area contributed by atoms with Crippen LogP contribution in [0.4, 0.5) is 20.2 Å². The van der Waals surface area contributed by atoms with Crippen molar-refractivity contribution in [2.75, 3.05) is 10.6 Å². The lowest BCUT2D eigenvalue weighted by Gasteiger charge is -2.16. The monoisotopic (exact) mass is 364 g/mol. The number of aryl methyl sites for hydroxylation is 1. The van der Waals surface area contributed by atoms with Gasteiger partial charge in [-0.3, -0.25) is 0 Å². The molecule has 1 unspecified atom stereocenters. The Balaban J connectivity index is 2.06. The number of rotatable bonds is 6. The Morgan fingerprint density at radius 3 is 2.40 bits per heavy atom. The van der Waals surface area contributed by atoms with E-state index in [1.807, 2.05) is 19.1 Å². The van der Waals surface area contributed by atoms with Gasteiger partial charge in [-0.05, 0) is 66.9 Å². The van der Waals surface area contributed by atoms with E-state index in [0.717, 1.165) is 17.7 Å². The molecule has 1 atom stereocenters. The number of alkyl halides is 2. The smallest absolute Gasteiger partial charge is 0.387 e. The molecule has 0 amide bonds. The molecule has 0 aliphatic heterocycles. The predicted octanol–water partition coefficient (Wildman–Crippen LogP) is 5.92. The van der Waals surface area contributed by atoms with Crippen LogP contribution >= 0.6 is 12.2 Å². The predicted molar refractivity (Wildman–Crippen MR) is 103 cm³/mol. The summed E-state index contributed by atoms with van der Waals surface area (Å²) in [6.07, 6.45) is 1.08. The lowest BCUT2D eigenvalue weighted by atomic mass is 9.99. The lowest BCUT2D eigenvalue weighted by molar-refractivity contribution is -0.0493. The largest absolute Gasteiger partial charge is 0.433 e. The molecule has 3 nitrogen and oxygen atoms in total. The van der Waals surface area contributed by atoms with Crippen LogP contribution in [-0.4, -0.2) is 11.7 Å². The number of nitrogens with one attached hydrogen (secondary N) is 2. The van der Waals surface area contributed by atoms with Crippen LogP contribution in [0.3, 0.4) is 0 Å². The van der Waals surface area contributed by atoms with Crippen molar-refractivity contribution in [1.29, 1.82) is 0 Å². The van der Waals surface area contributed by atoms with Crippen LogP contribution in [0.25, 0.3) is 0 Å². The van der Waals surface area contributed by atoms with Gasteiger partial charge in [-0.25, -0.2) is 0 Å². The van der Waals surface area contributed by atoms with Crippen LogP contribution in [0.5, 0.6) is 5.75 Å². The highest BCUT2D eigenvalue weighted by Gasteiger charge is 2.11. The molecule has 6 heteroatoms. The normalized spacial score (nSPS) is 11.9. The second-order valence-electron chi connectivity index (χ2n) is 5.89. The van der Waals surface area contributed by atoms with Crippen LogP contribution in [-0.2, 0) is 0 Å². The minimum Gasteiger partial charge on any atom is -0.433 e. The summed E-state index contributed by atoms with van der Waals surface area (Å²) < 4.78 is 29.6. The van der Waals surface area contributed by atoms with E-state index in [9.17, 15) is 8.78 Å². The average Bonchev–Trinajstić information content (AvgIpc) is 2.57. The third-order valence-corrected chi connectivity index (χ3v) is 4.15. The molecule has 0 heterocycles. The number of thiocarbonyl (C=S) groups is 1. The molecule has 2 aromatic carbocycles. The van der Waals surface area contributed by atoms with Crippen LogP contribution < -0.4 is 15.4 Å². The molecule has 0 bridgehead atoms. The topological polar surface area (TPSA) is 33.3 Å². The van der Waals surface area contributed by atoms with E-state index in [-0.39, 0.29) is 5.75 Å². The van der Waals surface area contributed by atoms with E-state index >= 15 is 0 Å². The molecule has 2 aromatic rings. The molecule has 0 aliphatic rings. The standard InChI is InChI=1S/C19H22F2N2OS/c1-4-13(3)14-6-8-15(9-7-14)22-19(25)23-16-11-12(2)5-10-17(16)24-18(20)21/h5-11,13,18H,4H2,1-3H3,(H2,22,23,25). The molecule has 0 fully saturated rings. The molecule has 2 rings (SSSR count). The highest BCUT2D eigenvalue weighted by Crippen LogP contribution is 2.27. The summed E-state index contributed by atoms with van der Waals surface area (Å²) in [4.78, 5) is 0. The number of benzene rings is 2. The SMILES string of the molecule is CCC(C)c1ccc(NC(=S)Nc2cc(C)ccc2OC(F)F)cc1. The minimum atomic E-state index is -2.89. The number of hydrogen-bond acceptors (Lipinski definition) is 2. The fourth-order valence-electron chi connectivity index (χ4n) is 2.36. The van der Waals surface area contributed by atoms with Gasteiger partial charge in [0.05, 0.1) is 5.69 Å². The van der Waals surface area contributed by atoms with Gasteiger partial charge in [-0.2, -0.15) is 8.78 Å². The van der Waals surface area contributed by atoms with Gasteiger partial charge in [-0.1, -0.05) is 32.0 Å². The van der Waals surface area contributed by atoms with Crippen molar-refractivity contribution in [2.24, 2.45) is 0 Å². The molecular formula is C19H22F2N2OS. The molecule has 0 aliphatic carbocycles. The summed E-state index contributed by atoms with van der Waals surface area (Å²) in [5, 5.41) is 6.27. The van der Waals surface area contributed by atoms with Gasteiger partial charge < -0.3 is 15.4 Å². The first kappa shape index (κ1) is 19.1. The van der Waals surface area contributed by atoms with E-state index < -0.39 is 6.61 Å². The average molecular weight is 364 g/mol. The highest BCUT2D eigenvalue weighted by molar-refractivity contribution is 7.80. The third-order valence-electron chi connectivity index (χ3n) is 3.95. The van der Waals surface area contributed by atoms with E-state index in [0.29, 0.717) is 16.7 Å². The van der Waals surface area contributed by atoms with E-state index in [2.05, 4.69) is 41.4 Å². The van der Waals surface area contributed by atoms with Gasteiger partial charge in [0.1, 0.15) is 5.75 Å². The Labute approximate surface area is 152 Å². The number of ether oxygens (including phenoxy) is 1. The van der Waals surface area contributed by atoms with Crippen molar-refractivity contribution in [2.45, 2.75) is 39.7 Å². The maximum Gasteiger partial charge on any atom is 0.387 e.